The van der Waals surface area contributed by atoms with Crippen LogP contribution in [-0.2, 0) is 19.6 Å². The first-order chi connectivity index (χ1) is 12.3. The molecule has 0 unspecified atom stereocenters. The van der Waals surface area contributed by atoms with Crippen molar-refractivity contribution in [3.8, 4) is 0 Å². The molecular weight excluding hydrogens is 312 g/mol. The SMILES string of the molecule is O=C(c1ccccc1)C1CCN(Cc2cc3n(n2)CCCNC3)CC1. The number of Topliss-reactive ketones (excluding diaryl/α,β-unsaturated/α-hetero) is 1. The van der Waals surface area contributed by atoms with E-state index in [-0.39, 0.29) is 5.92 Å². The Labute approximate surface area is 149 Å². The molecule has 2 aliphatic heterocycles. The van der Waals surface area contributed by atoms with Gasteiger partial charge in [0.25, 0.3) is 0 Å². The molecule has 0 bridgehead atoms. The molecule has 25 heavy (non-hydrogen) atoms. The van der Waals surface area contributed by atoms with Gasteiger partial charge in [-0.05, 0) is 45.0 Å². The maximum Gasteiger partial charge on any atom is 0.166 e. The van der Waals surface area contributed by atoms with Gasteiger partial charge in [-0.1, -0.05) is 30.3 Å². The van der Waals surface area contributed by atoms with E-state index in [4.69, 9.17) is 5.10 Å². The Hall–Kier alpha value is -1.98. The highest BCUT2D eigenvalue weighted by Gasteiger charge is 2.26. The summed E-state index contributed by atoms with van der Waals surface area (Å²) in [7, 11) is 0. The first-order valence-electron chi connectivity index (χ1n) is 9.37. The molecule has 0 atom stereocenters. The van der Waals surface area contributed by atoms with Gasteiger partial charge in [0, 0.05) is 31.1 Å². The van der Waals surface area contributed by atoms with E-state index in [9.17, 15) is 4.79 Å². The molecule has 1 fully saturated rings. The van der Waals surface area contributed by atoms with Crippen LogP contribution in [0, 0.1) is 5.92 Å². The summed E-state index contributed by atoms with van der Waals surface area (Å²) in [5, 5.41) is 8.22. The molecule has 3 heterocycles. The third kappa shape index (κ3) is 3.83. The lowest BCUT2D eigenvalue weighted by molar-refractivity contribution is 0.0833. The van der Waals surface area contributed by atoms with Gasteiger partial charge in [0.2, 0.25) is 0 Å². The van der Waals surface area contributed by atoms with Crippen molar-refractivity contribution in [2.24, 2.45) is 5.92 Å². The number of piperidine rings is 1. The Morgan fingerprint density at radius 3 is 2.76 bits per heavy atom. The van der Waals surface area contributed by atoms with Crippen molar-refractivity contribution in [3.05, 3.63) is 53.3 Å². The van der Waals surface area contributed by atoms with E-state index < -0.39 is 0 Å². The van der Waals surface area contributed by atoms with Gasteiger partial charge in [-0.25, -0.2) is 0 Å². The van der Waals surface area contributed by atoms with Crippen LogP contribution < -0.4 is 5.32 Å². The number of likely N-dealkylation sites (tertiary alicyclic amines) is 1. The number of ketones is 1. The average Bonchev–Trinajstić information content (AvgIpc) is 2.90. The molecular formula is C20H26N4O. The number of fused-ring (bicyclic) bond motifs is 1. The quantitative estimate of drug-likeness (QED) is 0.870. The van der Waals surface area contributed by atoms with Crippen molar-refractivity contribution in [2.45, 2.75) is 38.9 Å². The molecule has 1 aromatic carbocycles. The van der Waals surface area contributed by atoms with E-state index in [1.54, 1.807) is 0 Å². The van der Waals surface area contributed by atoms with Crippen LogP contribution in [0.15, 0.2) is 36.4 Å². The van der Waals surface area contributed by atoms with Gasteiger partial charge >= 0.3 is 0 Å². The monoisotopic (exact) mass is 338 g/mol. The molecule has 5 heteroatoms. The fourth-order valence-corrected chi connectivity index (χ4v) is 3.92. The Balaban J connectivity index is 1.33. The molecule has 1 aromatic heterocycles. The third-order valence-electron chi connectivity index (χ3n) is 5.35. The summed E-state index contributed by atoms with van der Waals surface area (Å²) in [6.07, 6.45) is 3.03. The van der Waals surface area contributed by atoms with Gasteiger partial charge in [0.05, 0.1) is 11.4 Å². The number of hydrogen-bond acceptors (Lipinski definition) is 4. The van der Waals surface area contributed by atoms with Gasteiger partial charge in [-0.2, -0.15) is 5.10 Å². The third-order valence-corrected chi connectivity index (χ3v) is 5.35. The minimum Gasteiger partial charge on any atom is -0.311 e. The number of nitrogens with zero attached hydrogens (tertiary/aromatic N) is 3. The first kappa shape index (κ1) is 16.5. The number of carbonyl (C=O) groups is 1. The van der Waals surface area contributed by atoms with Crippen molar-refractivity contribution >= 4 is 5.78 Å². The lowest BCUT2D eigenvalue weighted by atomic mass is 9.89. The lowest BCUT2D eigenvalue weighted by Crippen LogP contribution is -2.36. The van der Waals surface area contributed by atoms with E-state index in [2.05, 4.69) is 21.0 Å². The van der Waals surface area contributed by atoms with Crippen LogP contribution in [0.4, 0.5) is 0 Å². The molecule has 5 nitrogen and oxygen atoms in total. The van der Waals surface area contributed by atoms with Gasteiger partial charge in [-0.15, -0.1) is 0 Å². The zero-order valence-electron chi connectivity index (χ0n) is 14.7. The van der Waals surface area contributed by atoms with E-state index in [1.807, 2.05) is 30.3 Å². The van der Waals surface area contributed by atoms with Crippen LogP contribution >= 0.6 is 0 Å². The molecule has 2 aliphatic rings. The van der Waals surface area contributed by atoms with E-state index in [1.165, 1.54) is 5.69 Å². The highest BCUT2D eigenvalue weighted by atomic mass is 16.1. The predicted octanol–water partition coefficient (Wildman–Crippen LogP) is 2.47. The molecule has 4 rings (SSSR count). The Morgan fingerprint density at radius 2 is 1.96 bits per heavy atom. The second kappa shape index (κ2) is 7.50. The molecule has 0 amide bonds. The molecule has 1 N–H and O–H groups in total. The van der Waals surface area contributed by atoms with Crippen LogP contribution in [0.1, 0.15) is 41.0 Å². The summed E-state index contributed by atoms with van der Waals surface area (Å²) in [4.78, 5) is 15.0. The van der Waals surface area contributed by atoms with Crippen LogP contribution in [0.5, 0.6) is 0 Å². The van der Waals surface area contributed by atoms with Crippen molar-refractivity contribution in [3.63, 3.8) is 0 Å². The largest absolute Gasteiger partial charge is 0.311 e. The molecule has 132 valence electrons. The van der Waals surface area contributed by atoms with Gasteiger partial charge in [-0.3, -0.25) is 14.4 Å². The van der Waals surface area contributed by atoms with Crippen LogP contribution in [0.25, 0.3) is 0 Å². The number of aryl methyl sites for hydroxylation is 1. The van der Waals surface area contributed by atoms with E-state index in [0.29, 0.717) is 5.78 Å². The molecule has 0 aliphatic carbocycles. The van der Waals surface area contributed by atoms with Gasteiger partial charge < -0.3 is 5.32 Å². The summed E-state index contributed by atoms with van der Waals surface area (Å²) < 4.78 is 2.15. The number of nitrogens with one attached hydrogen (secondary N) is 1. The van der Waals surface area contributed by atoms with Crippen LogP contribution in [0.3, 0.4) is 0 Å². The topological polar surface area (TPSA) is 50.2 Å². The number of aromatic nitrogens is 2. The first-order valence-corrected chi connectivity index (χ1v) is 9.37. The molecule has 0 saturated carbocycles. The summed E-state index contributed by atoms with van der Waals surface area (Å²) in [5.41, 5.74) is 3.31. The van der Waals surface area contributed by atoms with Crippen molar-refractivity contribution in [1.29, 1.82) is 0 Å². The Kier molecular flexibility index (Phi) is 4.95. The Bertz CT molecular complexity index is 693. The molecule has 0 radical (unpaired) electrons. The smallest absolute Gasteiger partial charge is 0.166 e. The van der Waals surface area contributed by atoms with Crippen LogP contribution in [-0.4, -0.2) is 40.1 Å². The summed E-state index contributed by atoms with van der Waals surface area (Å²) in [6.45, 7) is 5.85. The Morgan fingerprint density at radius 1 is 1.16 bits per heavy atom. The predicted molar refractivity (Wildman–Crippen MR) is 97.3 cm³/mol. The fourth-order valence-electron chi connectivity index (χ4n) is 3.92. The summed E-state index contributed by atoms with van der Waals surface area (Å²) in [6, 6.07) is 11.9. The molecule has 0 spiro atoms. The normalized spacial score (nSPS) is 19.4. The second-order valence-corrected chi connectivity index (χ2v) is 7.16. The number of rotatable bonds is 4. The fraction of sp³-hybridized carbons (Fsp3) is 0.500. The maximum atomic E-state index is 12.6. The minimum absolute atomic E-state index is 0.168. The summed E-state index contributed by atoms with van der Waals surface area (Å²) >= 11 is 0. The number of benzene rings is 1. The number of hydrogen-bond donors (Lipinski definition) is 1. The van der Waals surface area contributed by atoms with Crippen LogP contribution in [0.2, 0.25) is 0 Å². The molecule has 2 aromatic rings. The van der Waals surface area contributed by atoms with E-state index >= 15 is 0 Å². The zero-order chi connectivity index (χ0) is 17.1. The van der Waals surface area contributed by atoms with Crippen molar-refractivity contribution in [2.75, 3.05) is 19.6 Å². The second-order valence-electron chi connectivity index (χ2n) is 7.16. The van der Waals surface area contributed by atoms with Gasteiger partial charge in [0.15, 0.2) is 5.78 Å². The van der Waals surface area contributed by atoms with Crippen molar-refractivity contribution < 1.29 is 4.79 Å². The number of carbonyl (C=O) groups excluding carboxylic acids is 1. The maximum absolute atomic E-state index is 12.6. The lowest BCUT2D eigenvalue weighted by Gasteiger charge is -2.30. The standard InChI is InChI=1S/C20H26N4O/c25-20(16-5-2-1-3-6-16)17-7-11-23(12-8-17)15-18-13-19-14-21-9-4-10-24(19)22-18/h1-3,5-6,13,17,21H,4,7-12,14-15H2. The van der Waals surface area contributed by atoms with Crippen molar-refractivity contribution in [1.82, 2.24) is 20.0 Å². The minimum atomic E-state index is 0.168. The summed E-state index contributed by atoms with van der Waals surface area (Å²) in [5.74, 6) is 0.474. The molecule has 1 saturated heterocycles. The van der Waals surface area contributed by atoms with E-state index in [0.717, 1.165) is 69.8 Å². The highest BCUT2D eigenvalue weighted by molar-refractivity contribution is 5.97. The zero-order valence-corrected chi connectivity index (χ0v) is 14.7. The average molecular weight is 338 g/mol. The van der Waals surface area contributed by atoms with Gasteiger partial charge in [0.1, 0.15) is 0 Å². The highest BCUT2D eigenvalue weighted by Crippen LogP contribution is 2.23.